The molecule has 1 saturated heterocycles. The molecule has 7 nitrogen and oxygen atoms in total. The van der Waals surface area contributed by atoms with E-state index in [1.54, 1.807) is 37.4 Å². The van der Waals surface area contributed by atoms with Crippen molar-refractivity contribution in [2.45, 2.75) is 0 Å². The first kappa shape index (κ1) is 20.8. The van der Waals surface area contributed by atoms with Gasteiger partial charge in [-0.3, -0.25) is 9.69 Å². The number of amidine groups is 1. The van der Waals surface area contributed by atoms with Gasteiger partial charge in [0.15, 0.2) is 16.7 Å². The number of methoxy groups -OCH3 is 2. The van der Waals surface area contributed by atoms with Crippen molar-refractivity contribution >= 4 is 52.2 Å². The number of rotatable bonds is 5. The van der Waals surface area contributed by atoms with Crippen LogP contribution in [0.5, 0.6) is 11.5 Å². The average Bonchev–Trinajstić information content (AvgIpc) is 2.97. The molecule has 2 aromatic carbocycles. The molecular formula is C20H16ClN2O5S-. The van der Waals surface area contributed by atoms with Gasteiger partial charge in [-0.15, -0.1) is 0 Å². The zero-order valence-electron chi connectivity index (χ0n) is 15.8. The number of hydrogen-bond acceptors (Lipinski definition) is 7. The molecule has 1 heterocycles. The second-order valence-corrected chi connectivity index (χ2v) is 7.35. The minimum absolute atomic E-state index is 0.0108. The number of amides is 1. The summed E-state index contributed by atoms with van der Waals surface area (Å²) in [5.41, 5.74) is 1.00. The molecule has 9 heteroatoms. The van der Waals surface area contributed by atoms with E-state index in [0.29, 0.717) is 37.8 Å². The fourth-order valence-corrected chi connectivity index (χ4v) is 3.77. The van der Waals surface area contributed by atoms with E-state index in [1.807, 2.05) is 0 Å². The minimum atomic E-state index is -1.29. The Labute approximate surface area is 176 Å². The van der Waals surface area contributed by atoms with Crippen LogP contribution in [0.15, 0.2) is 46.3 Å². The Hall–Kier alpha value is -2.97. The maximum absolute atomic E-state index is 12.6. The summed E-state index contributed by atoms with van der Waals surface area (Å²) >= 11 is 7.46. The van der Waals surface area contributed by atoms with Crippen LogP contribution in [0, 0.1) is 0 Å². The summed E-state index contributed by atoms with van der Waals surface area (Å²) < 4.78 is 10.5. The van der Waals surface area contributed by atoms with Crippen molar-refractivity contribution in [3.8, 4) is 11.5 Å². The Bertz CT molecular complexity index is 1050. The lowest BCUT2D eigenvalue weighted by atomic mass is 10.1. The highest BCUT2D eigenvalue weighted by Gasteiger charge is 2.30. The fourth-order valence-electron chi connectivity index (χ4n) is 2.59. The summed E-state index contributed by atoms with van der Waals surface area (Å²) in [4.78, 5) is 29.8. The van der Waals surface area contributed by atoms with Crippen molar-refractivity contribution in [3.05, 3.63) is 57.5 Å². The second-order valence-electron chi connectivity index (χ2n) is 5.94. The molecule has 0 unspecified atom stereocenters. The number of carbonyl (C=O) groups is 2. The summed E-state index contributed by atoms with van der Waals surface area (Å²) in [6, 6.07) is 9.30. The Morgan fingerprint density at radius 1 is 1.21 bits per heavy atom. The molecular weight excluding hydrogens is 416 g/mol. The first-order valence-electron chi connectivity index (χ1n) is 8.33. The monoisotopic (exact) mass is 431 g/mol. The quantitative estimate of drug-likeness (QED) is 0.676. The topological polar surface area (TPSA) is 91.3 Å². The van der Waals surface area contributed by atoms with Gasteiger partial charge in [-0.05, 0) is 47.2 Å². The van der Waals surface area contributed by atoms with Crippen molar-refractivity contribution in [2.24, 2.45) is 4.99 Å². The normalized spacial score (nSPS) is 16.6. The Morgan fingerprint density at radius 3 is 2.55 bits per heavy atom. The van der Waals surface area contributed by atoms with Gasteiger partial charge in [0.25, 0.3) is 5.91 Å². The number of thioether (sulfide) groups is 1. The molecule has 1 aliphatic heterocycles. The van der Waals surface area contributed by atoms with E-state index in [9.17, 15) is 14.7 Å². The Balaban J connectivity index is 1.95. The molecule has 0 radical (unpaired) electrons. The highest BCUT2D eigenvalue weighted by molar-refractivity contribution is 8.18. The maximum atomic E-state index is 12.6. The van der Waals surface area contributed by atoms with Gasteiger partial charge in [-0.1, -0.05) is 23.7 Å². The predicted molar refractivity (Wildman–Crippen MR) is 111 cm³/mol. The Kier molecular flexibility index (Phi) is 6.14. The lowest BCUT2D eigenvalue weighted by Gasteiger charge is -2.10. The van der Waals surface area contributed by atoms with Gasteiger partial charge in [0.2, 0.25) is 0 Å². The van der Waals surface area contributed by atoms with E-state index >= 15 is 0 Å². The molecule has 0 spiro atoms. The third-order valence-corrected chi connectivity index (χ3v) is 5.49. The van der Waals surface area contributed by atoms with Crippen LogP contribution in [-0.2, 0) is 4.79 Å². The van der Waals surface area contributed by atoms with Crippen LogP contribution in [0.25, 0.3) is 6.08 Å². The average molecular weight is 432 g/mol. The number of hydrogen-bond donors (Lipinski definition) is 0. The zero-order chi connectivity index (χ0) is 21.1. The maximum Gasteiger partial charge on any atom is 0.266 e. The van der Waals surface area contributed by atoms with Crippen LogP contribution in [0.4, 0.5) is 5.69 Å². The summed E-state index contributed by atoms with van der Waals surface area (Å²) in [5.74, 6) is -0.576. The smallest absolute Gasteiger partial charge is 0.266 e. The first-order chi connectivity index (χ1) is 13.8. The molecule has 1 amide bonds. The SMILES string of the molecule is COc1cc(Cl)c(/C=C2\SC(=Nc3cccc(C(=O)[O-])c3)N(C)C2=O)cc1OC. The van der Waals surface area contributed by atoms with Crippen LogP contribution < -0.4 is 14.6 Å². The highest BCUT2D eigenvalue weighted by atomic mass is 35.5. The summed E-state index contributed by atoms with van der Waals surface area (Å²) in [7, 11) is 4.61. The van der Waals surface area contributed by atoms with Crippen molar-refractivity contribution in [1.29, 1.82) is 0 Å². The molecule has 29 heavy (non-hydrogen) atoms. The minimum Gasteiger partial charge on any atom is -0.545 e. The van der Waals surface area contributed by atoms with E-state index in [0.717, 1.165) is 11.8 Å². The number of likely N-dealkylation sites (N-methyl/N-ethyl adjacent to an activating group) is 1. The van der Waals surface area contributed by atoms with Crippen LogP contribution in [0.2, 0.25) is 5.02 Å². The molecule has 150 valence electrons. The van der Waals surface area contributed by atoms with E-state index in [2.05, 4.69) is 4.99 Å². The van der Waals surface area contributed by atoms with Crippen LogP contribution in [0.3, 0.4) is 0 Å². The van der Waals surface area contributed by atoms with Crippen LogP contribution in [-0.4, -0.2) is 43.2 Å². The number of nitrogens with zero attached hydrogens (tertiary/aromatic N) is 2. The number of carboxylic acid groups (broad SMARTS) is 1. The van der Waals surface area contributed by atoms with Crippen LogP contribution >= 0.6 is 23.4 Å². The molecule has 0 N–H and O–H groups in total. The lowest BCUT2D eigenvalue weighted by Crippen LogP contribution is -2.23. The number of benzene rings is 2. The molecule has 1 aliphatic rings. The summed E-state index contributed by atoms with van der Waals surface area (Å²) in [5, 5.41) is 11.8. The molecule has 0 atom stereocenters. The number of ether oxygens (including phenoxy) is 2. The lowest BCUT2D eigenvalue weighted by molar-refractivity contribution is -0.255. The van der Waals surface area contributed by atoms with Gasteiger partial charge in [0.05, 0.1) is 35.8 Å². The van der Waals surface area contributed by atoms with Gasteiger partial charge < -0.3 is 19.4 Å². The molecule has 0 saturated carbocycles. The molecule has 0 aliphatic carbocycles. The van der Waals surface area contributed by atoms with Gasteiger partial charge in [0, 0.05) is 13.1 Å². The van der Waals surface area contributed by atoms with Crippen molar-refractivity contribution in [1.82, 2.24) is 4.90 Å². The molecule has 0 aromatic heterocycles. The van der Waals surface area contributed by atoms with Gasteiger partial charge in [0.1, 0.15) is 0 Å². The molecule has 3 rings (SSSR count). The van der Waals surface area contributed by atoms with Crippen molar-refractivity contribution in [3.63, 3.8) is 0 Å². The van der Waals surface area contributed by atoms with Gasteiger partial charge in [-0.25, -0.2) is 4.99 Å². The fraction of sp³-hybridized carbons (Fsp3) is 0.150. The number of halogens is 1. The van der Waals surface area contributed by atoms with E-state index < -0.39 is 5.97 Å². The number of carbonyl (C=O) groups excluding carboxylic acids is 2. The zero-order valence-corrected chi connectivity index (χ0v) is 17.3. The van der Waals surface area contributed by atoms with Crippen molar-refractivity contribution in [2.75, 3.05) is 21.3 Å². The number of carboxylic acids is 1. The van der Waals surface area contributed by atoms with E-state index in [4.69, 9.17) is 21.1 Å². The molecule has 2 aromatic rings. The Morgan fingerprint density at radius 2 is 1.90 bits per heavy atom. The predicted octanol–water partition coefficient (Wildman–Crippen LogP) is 2.95. The molecule has 0 bridgehead atoms. The summed E-state index contributed by atoms with van der Waals surface area (Å²) in [6.07, 6.45) is 1.65. The second kappa shape index (κ2) is 8.59. The van der Waals surface area contributed by atoms with E-state index in [-0.39, 0.29) is 11.5 Å². The molecule has 1 fully saturated rings. The third kappa shape index (κ3) is 4.38. The van der Waals surface area contributed by atoms with E-state index in [1.165, 1.54) is 31.3 Å². The number of aromatic carboxylic acids is 1. The summed E-state index contributed by atoms with van der Waals surface area (Å²) in [6.45, 7) is 0. The largest absolute Gasteiger partial charge is 0.545 e. The number of aliphatic imine (C=N–C) groups is 1. The third-order valence-electron chi connectivity index (χ3n) is 4.10. The van der Waals surface area contributed by atoms with Crippen molar-refractivity contribution < 1.29 is 24.2 Å². The first-order valence-corrected chi connectivity index (χ1v) is 9.52. The standard InChI is InChI=1S/C20H17ClN2O5S/c1-23-18(24)17(9-12-8-15(27-2)16(28-3)10-14(12)21)29-20(23)22-13-6-4-5-11(7-13)19(25)26/h4-10H,1-3H3,(H,25,26)/p-1/b17-9-,22-20?. The highest BCUT2D eigenvalue weighted by Crippen LogP contribution is 2.38. The van der Waals surface area contributed by atoms with Gasteiger partial charge in [-0.2, -0.15) is 0 Å². The van der Waals surface area contributed by atoms with Crippen LogP contribution in [0.1, 0.15) is 15.9 Å². The van der Waals surface area contributed by atoms with Gasteiger partial charge >= 0.3 is 0 Å².